The van der Waals surface area contributed by atoms with Crippen molar-refractivity contribution >= 4 is 23.4 Å². The summed E-state index contributed by atoms with van der Waals surface area (Å²) in [5.41, 5.74) is 0. The van der Waals surface area contributed by atoms with Gasteiger partial charge in [-0.3, -0.25) is 0 Å². The van der Waals surface area contributed by atoms with Crippen LogP contribution in [0.3, 0.4) is 0 Å². The first-order valence-electron chi connectivity index (χ1n) is 4.39. The molecule has 0 spiro atoms. The molecule has 0 bridgehead atoms. The molecule has 0 fully saturated rings. The highest BCUT2D eigenvalue weighted by atomic mass is 35.5. The van der Waals surface area contributed by atoms with E-state index in [0.29, 0.717) is 5.02 Å². The minimum atomic E-state index is 0.668. The predicted molar refractivity (Wildman–Crippen MR) is 62.7 cm³/mol. The molecule has 0 heterocycles. The lowest BCUT2D eigenvalue weighted by Crippen LogP contribution is -2.09. The van der Waals surface area contributed by atoms with Crippen LogP contribution in [-0.4, -0.2) is 26.5 Å². The Balaban J connectivity index is 2.57. The first kappa shape index (κ1) is 11.7. The van der Waals surface area contributed by atoms with Crippen molar-refractivity contribution in [2.24, 2.45) is 0 Å². The van der Waals surface area contributed by atoms with Crippen LogP contribution in [-0.2, 0) is 0 Å². The van der Waals surface area contributed by atoms with E-state index in [1.807, 2.05) is 25.2 Å². The number of ether oxygens (including phenoxy) is 1. The fourth-order valence-corrected chi connectivity index (χ4v) is 2.24. The fraction of sp³-hybridized carbons (Fsp3) is 0.400. The zero-order valence-electron chi connectivity index (χ0n) is 8.34. The number of nitrogens with one attached hydrogen (secondary N) is 1. The van der Waals surface area contributed by atoms with Gasteiger partial charge in [-0.2, -0.15) is 0 Å². The lowest BCUT2D eigenvalue weighted by molar-refractivity contribution is 0.414. The highest BCUT2D eigenvalue weighted by Crippen LogP contribution is 2.29. The molecule has 1 aromatic carbocycles. The van der Waals surface area contributed by atoms with Gasteiger partial charge in [0.1, 0.15) is 5.75 Å². The van der Waals surface area contributed by atoms with Gasteiger partial charge >= 0.3 is 0 Å². The number of halogens is 1. The topological polar surface area (TPSA) is 21.3 Å². The molecule has 0 saturated carbocycles. The second-order valence-electron chi connectivity index (χ2n) is 2.75. The summed E-state index contributed by atoms with van der Waals surface area (Å²) in [7, 11) is 3.57. The normalized spacial score (nSPS) is 10.2. The molecule has 0 saturated heterocycles. The van der Waals surface area contributed by atoms with Crippen LogP contribution in [0, 0.1) is 0 Å². The molecule has 78 valence electrons. The molecule has 0 amide bonds. The van der Waals surface area contributed by atoms with Gasteiger partial charge in [0.2, 0.25) is 0 Å². The van der Waals surface area contributed by atoms with Crippen LogP contribution in [0.15, 0.2) is 23.1 Å². The van der Waals surface area contributed by atoms with Crippen LogP contribution in [0.25, 0.3) is 0 Å². The third kappa shape index (κ3) is 3.40. The molecule has 4 heteroatoms. The van der Waals surface area contributed by atoms with Crippen molar-refractivity contribution in [2.45, 2.75) is 4.90 Å². The minimum absolute atomic E-state index is 0.668. The van der Waals surface area contributed by atoms with E-state index >= 15 is 0 Å². The second-order valence-corrected chi connectivity index (χ2v) is 4.32. The number of benzene rings is 1. The maximum absolute atomic E-state index is 5.99. The molecule has 0 aliphatic heterocycles. The first-order valence-corrected chi connectivity index (χ1v) is 5.75. The molecule has 0 aromatic heterocycles. The monoisotopic (exact) mass is 231 g/mol. The molecular weight excluding hydrogens is 218 g/mol. The molecule has 0 unspecified atom stereocenters. The Labute approximate surface area is 94.0 Å². The lowest BCUT2D eigenvalue weighted by atomic mass is 10.3. The van der Waals surface area contributed by atoms with Gasteiger partial charge in [-0.1, -0.05) is 11.6 Å². The number of hydrogen-bond acceptors (Lipinski definition) is 3. The van der Waals surface area contributed by atoms with E-state index in [2.05, 4.69) is 5.32 Å². The van der Waals surface area contributed by atoms with Crippen molar-refractivity contribution in [1.82, 2.24) is 5.32 Å². The molecule has 1 rings (SSSR count). The quantitative estimate of drug-likeness (QED) is 0.622. The molecule has 1 aromatic rings. The third-order valence-corrected chi connectivity index (χ3v) is 3.03. The summed E-state index contributed by atoms with van der Waals surface area (Å²) < 4.78 is 5.07. The maximum Gasteiger partial charge on any atom is 0.137 e. The SMILES string of the molecule is CNCCSc1ccc(OC)c(Cl)c1. The van der Waals surface area contributed by atoms with E-state index in [-0.39, 0.29) is 0 Å². The van der Waals surface area contributed by atoms with Gasteiger partial charge in [-0.25, -0.2) is 0 Å². The summed E-state index contributed by atoms with van der Waals surface area (Å²) >= 11 is 7.76. The Morgan fingerprint density at radius 1 is 1.50 bits per heavy atom. The average Bonchev–Trinajstić information content (AvgIpc) is 2.18. The molecule has 0 radical (unpaired) electrons. The standard InChI is InChI=1S/C10H14ClNOS/c1-12-5-6-14-8-3-4-10(13-2)9(11)7-8/h3-4,7,12H,5-6H2,1-2H3. The number of hydrogen-bond donors (Lipinski definition) is 1. The molecule has 0 aliphatic rings. The Morgan fingerprint density at radius 2 is 2.29 bits per heavy atom. The summed E-state index contributed by atoms with van der Waals surface area (Å²) in [6.07, 6.45) is 0. The fourth-order valence-electron chi connectivity index (χ4n) is 1.01. The zero-order chi connectivity index (χ0) is 10.4. The van der Waals surface area contributed by atoms with Crippen LogP contribution in [0.5, 0.6) is 5.75 Å². The zero-order valence-corrected chi connectivity index (χ0v) is 9.91. The molecule has 2 nitrogen and oxygen atoms in total. The van der Waals surface area contributed by atoms with Crippen molar-refractivity contribution < 1.29 is 4.74 Å². The van der Waals surface area contributed by atoms with Gasteiger partial charge in [0.05, 0.1) is 12.1 Å². The maximum atomic E-state index is 5.99. The predicted octanol–water partition coefficient (Wildman–Crippen LogP) is 2.66. The van der Waals surface area contributed by atoms with E-state index in [1.54, 1.807) is 18.9 Å². The smallest absolute Gasteiger partial charge is 0.137 e. The van der Waals surface area contributed by atoms with Crippen molar-refractivity contribution in [3.63, 3.8) is 0 Å². The van der Waals surface area contributed by atoms with E-state index in [4.69, 9.17) is 16.3 Å². The van der Waals surface area contributed by atoms with Crippen molar-refractivity contribution in [3.05, 3.63) is 23.2 Å². The first-order chi connectivity index (χ1) is 6.77. The molecule has 0 atom stereocenters. The minimum Gasteiger partial charge on any atom is -0.495 e. The molecule has 1 N–H and O–H groups in total. The van der Waals surface area contributed by atoms with Crippen molar-refractivity contribution in [1.29, 1.82) is 0 Å². The summed E-state index contributed by atoms with van der Waals surface area (Å²) in [5, 5.41) is 3.77. The van der Waals surface area contributed by atoms with Gasteiger partial charge in [-0.05, 0) is 25.2 Å². The Bertz CT molecular complexity index is 293. The summed E-state index contributed by atoms with van der Waals surface area (Å²) in [6, 6.07) is 5.84. The van der Waals surface area contributed by atoms with Crippen LogP contribution in [0.2, 0.25) is 5.02 Å². The van der Waals surface area contributed by atoms with Crippen LogP contribution >= 0.6 is 23.4 Å². The van der Waals surface area contributed by atoms with Gasteiger partial charge in [-0.15, -0.1) is 11.8 Å². The average molecular weight is 232 g/mol. The highest BCUT2D eigenvalue weighted by Gasteiger charge is 2.01. The van der Waals surface area contributed by atoms with Crippen LogP contribution in [0.1, 0.15) is 0 Å². The van der Waals surface area contributed by atoms with E-state index in [0.717, 1.165) is 18.0 Å². The number of thioether (sulfide) groups is 1. The van der Waals surface area contributed by atoms with Crippen molar-refractivity contribution in [2.75, 3.05) is 26.5 Å². The van der Waals surface area contributed by atoms with Crippen molar-refractivity contribution in [3.8, 4) is 5.75 Å². The van der Waals surface area contributed by atoms with Gasteiger partial charge in [0.15, 0.2) is 0 Å². The second kappa shape index (κ2) is 6.17. The number of rotatable bonds is 5. The molecule has 0 aliphatic carbocycles. The summed E-state index contributed by atoms with van der Waals surface area (Å²) in [5.74, 6) is 1.77. The van der Waals surface area contributed by atoms with Gasteiger partial charge < -0.3 is 10.1 Å². The summed E-state index contributed by atoms with van der Waals surface area (Å²) in [6.45, 7) is 0.994. The Morgan fingerprint density at radius 3 is 2.86 bits per heavy atom. The van der Waals surface area contributed by atoms with E-state index in [1.165, 1.54) is 4.90 Å². The van der Waals surface area contributed by atoms with Gasteiger partial charge in [0, 0.05) is 17.2 Å². The highest BCUT2D eigenvalue weighted by molar-refractivity contribution is 7.99. The number of methoxy groups -OCH3 is 1. The van der Waals surface area contributed by atoms with E-state index in [9.17, 15) is 0 Å². The Hall–Kier alpha value is -0.380. The summed E-state index contributed by atoms with van der Waals surface area (Å²) in [4.78, 5) is 1.17. The third-order valence-electron chi connectivity index (χ3n) is 1.74. The van der Waals surface area contributed by atoms with E-state index < -0.39 is 0 Å². The Kier molecular flexibility index (Phi) is 5.15. The molecular formula is C10H14ClNOS. The van der Waals surface area contributed by atoms with Crippen LogP contribution < -0.4 is 10.1 Å². The van der Waals surface area contributed by atoms with Crippen LogP contribution in [0.4, 0.5) is 0 Å². The largest absolute Gasteiger partial charge is 0.495 e. The lowest BCUT2D eigenvalue weighted by Gasteiger charge is -2.05. The molecule has 14 heavy (non-hydrogen) atoms. The van der Waals surface area contributed by atoms with Gasteiger partial charge in [0.25, 0.3) is 0 Å².